The van der Waals surface area contributed by atoms with Gasteiger partial charge in [-0.15, -0.1) is 0 Å². The molecule has 0 saturated heterocycles. The van der Waals surface area contributed by atoms with Crippen molar-refractivity contribution < 1.29 is 13.2 Å². The Kier molecular flexibility index (Phi) is 9.81. The third-order valence-electron chi connectivity index (χ3n) is 2.97. The zero-order valence-electron chi connectivity index (χ0n) is 11.9. The predicted octanol–water partition coefficient (Wildman–Crippen LogP) is 0.197. The topological polar surface area (TPSA) is 101 Å². The Morgan fingerprint density at radius 2 is 1.95 bits per heavy atom. The molecule has 0 heterocycles. The molecular formula is C12H27N3O3S. The number of rotatable bonds is 11. The summed E-state index contributed by atoms with van der Waals surface area (Å²) in [6, 6.07) is 0. The minimum atomic E-state index is -3.13. The lowest BCUT2D eigenvalue weighted by Crippen LogP contribution is -2.29. The second-order valence-electron chi connectivity index (χ2n) is 4.76. The van der Waals surface area contributed by atoms with Crippen LogP contribution >= 0.6 is 0 Å². The first-order valence-electron chi connectivity index (χ1n) is 6.80. The van der Waals surface area contributed by atoms with Crippen molar-refractivity contribution >= 4 is 15.9 Å². The summed E-state index contributed by atoms with van der Waals surface area (Å²) in [5.74, 6) is 0.539. The van der Waals surface area contributed by atoms with Crippen LogP contribution in [0.15, 0.2) is 0 Å². The Morgan fingerprint density at radius 1 is 1.26 bits per heavy atom. The summed E-state index contributed by atoms with van der Waals surface area (Å²) in [5.41, 5.74) is 5.50. The van der Waals surface area contributed by atoms with Gasteiger partial charge >= 0.3 is 0 Å². The molecular weight excluding hydrogens is 266 g/mol. The molecule has 0 aromatic heterocycles. The second kappa shape index (κ2) is 10.2. The number of carbonyl (C=O) groups is 1. The van der Waals surface area contributed by atoms with E-state index in [4.69, 9.17) is 5.73 Å². The van der Waals surface area contributed by atoms with Gasteiger partial charge in [-0.25, -0.2) is 13.1 Å². The van der Waals surface area contributed by atoms with Gasteiger partial charge in [0.15, 0.2) is 0 Å². The van der Waals surface area contributed by atoms with Crippen LogP contribution in [0.1, 0.15) is 39.0 Å². The minimum absolute atomic E-state index is 0.0230. The highest BCUT2D eigenvalue weighted by atomic mass is 32.2. The maximum atomic E-state index is 11.5. The molecule has 19 heavy (non-hydrogen) atoms. The Hall–Kier alpha value is -0.660. The van der Waals surface area contributed by atoms with E-state index in [2.05, 4.69) is 17.0 Å². The first-order valence-corrected chi connectivity index (χ1v) is 8.69. The van der Waals surface area contributed by atoms with E-state index < -0.39 is 10.0 Å². The lowest BCUT2D eigenvalue weighted by molar-refractivity contribution is -0.121. The quantitative estimate of drug-likeness (QED) is 0.474. The van der Waals surface area contributed by atoms with Crippen LogP contribution in [0.5, 0.6) is 0 Å². The van der Waals surface area contributed by atoms with E-state index in [1.54, 1.807) is 0 Å². The molecule has 1 atom stereocenters. The fourth-order valence-electron chi connectivity index (χ4n) is 1.79. The Morgan fingerprint density at radius 3 is 2.47 bits per heavy atom. The lowest BCUT2D eigenvalue weighted by Gasteiger charge is -2.13. The van der Waals surface area contributed by atoms with Crippen LogP contribution in [0.4, 0.5) is 0 Å². The summed E-state index contributed by atoms with van der Waals surface area (Å²) < 4.78 is 24.0. The van der Waals surface area contributed by atoms with Gasteiger partial charge in [0.05, 0.1) is 6.26 Å². The molecule has 0 aliphatic rings. The molecule has 4 N–H and O–H groups in total. The number of sulfonamides is 1. The minimum Gasteiger partial charge on any atom is -0.356 e. The molecule has 114 valence electrons. The standard InChI is InChI=1S/C12H27N3O3S/c1-3-11(7-8-13)5-6-12(16)14-9-4-10-15-19(2,17)18/h11,15H,3-10,13H2,1-2H3,(H,14,16). The number of hydrogen-bond acceptors (Lipinski definition) is 4. The molecule has 0 aliphatic heterocycles. The summed E-state index contributed by atoms with van der Waals surface area (Å²) in [6.45, 7) is 3.62. The van der Waals surface area contributed by atoms with Crippen LogP contribution in [0.3, 0.4) is 0 Å². The van der Waals surface area contributed by atoms with Crippen LogP contribution in [-0.4, -0.2) is 40.2 Å². The monoisotopic (exact) mass is 293 g/mol. The molecule has 1 amide bonds. The van der Waals surface area contributed by atoms with E-state index in [9.17, 15) is 13.2 Å². The van der Waals surface area contributed by atoms with Gasteiger partial charge in [-0.2, -0.15) is 0 Å². The van der Waals surface area contributed by atoms with Crippen molar-refractivity contribution in [2.75, 3.05) is 25.9 Å². The van der Waals surface area contributed by atoms with Crippen LogP contribution in [-0.2, 0) is 14.8 Å². The molecule has 6 nitrogen and oxygen atoms in total. The van der Waals surface area contributed by atoms with Crippen molar-refractivity contribution in [2.45, 2.75) is 39.0 Å². The van der Waals surface area contributed by atoms with Gasteiger partial charge in [0.1, 0.15) is 0 Å². The van der Waals surface area contributed by atoms with E-state index in [-0.39, 0.29) is 5.91 Å². The molecule has 0 rings (SSSR count). The fourth-order valence-corrected chi connectivity index (χ4v) is 2.30. The lowest BCUT2D eigenvalue weighted by atomic mass is 9.96. The first kappa shape index (κ1) is 18.3. The molecule has 0 saturated carbocycles. The van der Waals surface area contributed by atoms with Gasteiger partial charge < -0.3 is 11.1 Å². The van der Waals surface area contributed by atoms with Gasteiger partial charge in [-0.1, -0.05) is 13.3 Å². The Labute approximate surface area is 116 Å². The first-order chi connectivity index (χ1) is 8.89. The smallest absolute Gasteiger partial charge is 0.220 e. The van der Waals surface area contributed by atoms with Crippen LogP contribution in [0.2, 0.25) is 0 Å². The highest BCUT2D eigenvalue weighted by Crippen LogP contribution is 2.14. The molecule has 0 fully saturated rings. The molecule has 0 aliphatic carbocycles. The zero-order valence-corrected chi connectivity index (χ0v) is 12.8. The average molecular weight is 293 g/mol. The predicted molar refractivity (Wildman–Crippen MR) is 77.2 cm³/mol. The summed E-state index contributed by atoms with van der Waals surface area (Å²) >= 11 is 0. The van der Waals surface area contributed by atoms with Gasteiger partial charge in [0, 0.05) is 19.5 Å². The van der Waals surface area contributed by atoms with Crippen molar-refractivity contribution in [1.82, 2.24) is 10.0 Å². The number of hydrogen-bond donors (Lipinski definition) is 3. The zero-order chi connectivity index (χ0) is 14.7. The van der Waals surface area contributed by atoms with Crippen LogP contribution < -0.4 is 15.8 Å². The SMILES string of the molecule is CCC(CCN)CCC(=O)NCCCNS(C)(=O)=O. The molecule has 1 unspecified atom stereocenters. The summed E-state index contributed by atoms with van der Waals surface area (Å²) in [4.78, 5) is 11.5. The normalized spacial score (nSPS) is 13.2. The number of nitrogens with one attached hydrogen (secondary N) is 2. The van der Waals surface area contributed by atoms with E-state index in [0.29, 0.717) is 38.4 Å². The van der Waals surface area contributed by atoms with Gasteiger partial charge in [-0.3, -0.25) is 4.79 Å². The third-order valence-corrected chi connectivity index (χ3v) is 3.70. The maximum Gasteiger partial charge on any atom is 0.220 e. The number of nitrogens with two attached hydrogens (primary N) is 1. The summed E-state index contributed by atoms with van der Waals surface area (Å²) in [5, 5.41) is 2.79. The molecule has 7 heteroatoms. The van der Waals surface area contributed by atoms with Gasteiger partial charge in [0.25, 0.3) is 0 Å². The van der Waals surface area contributed by atoms with Crippen LogP contribution in [0.25, 0.3) is 0 Å². The van der Waals surface area contributed by atoms with Crippen molar-refractivity contribution in [3.63, 3.8) is 0 Å². The van der Waals surface area contributed by atoms with E-state index in [1.165, 1.54) is 0 Å². The number of amides is 1. The van der Waals surface area contributed by atoms with Crippen molar-refractivity contribution in [1.29, 1.82) is 0 Å². The molecule has 0 radical (unpaired) electrons. The molecule has 0 aromatic rings. The van der Waals surface area contributed by atoms with Crippen molar-refractivity contribution in [3.05, 3.63) is 0 Å². The average Bonchev–Trinajstić information content (AvgIpc) is 2.32. The fraction of sp³-hybridized carbons (Fsp3) is 0.917. The van der Waals surface area contributed by atoms with Crippen molar-refractivity contribution in [2.24, 2.45) is 11.7 Å². The molecule has 0 aromatic carbocycles. The Bertz CT molecular complexity index is 344. The van der Waals surface area contributed by atoms with Crippen LogP contribution in [0, 0.1) is 5.92 Å². The largest absolute Gasteiger partial charge is 0.356 e. The molecule has 0 bridgehead atoms. The Balaban J connectivity index is 3.59. The maximum absolute atomic E-state index is 11.5. The van der Waals surface area contributed by atoms with E-state index in [0.717, 1.165) is 25.5 Å². The summed E-state index contributed by atoms with van der Waals surface area (Å²) in [6.07, 6.45) is 5.09. The number of carbonyl (C=O) groups excluding carboxylic acids is 1. The van der Waals surface area contributed by atoms with E-state index in [1.807, 2.05) is 0 Å². The van der Waals surface area contributed by atoms with Gasteiger partial charge in [0.2, 0.25) is 15.9 Å². The summed E-state index contributed by atoms with van der Waals surface area (Å²) in [7, 11) is -3.13. The second-order valence-corrected chi connectivity index (χ2v) is 6.59. The molecule has 0 spiro atoms. The highest BCUT2D eigenvalue weighted by Gasteiger charge is 2.08. The third kappa shape index (κ3) is 12.1. The van der Waals surface area contributed by atoms with E-state index >= 15 is 0 Å². The van der Waals surface area contributed by atoms with Crippen molar-refractivity contribution in [3.8, 4) is 0 Å². The highest BCUT2D eigenvalue weighted by molar-refractivity contribution is 7.88. The van der Waals surface area contributed by atoms with Gasteiger partial charge in [-0.05, 0) is 31.7 Å².